The number of aromatic nitrogens is 6. The van der Waals surface area contributed by atoms with Crippen LogP contribution >= 0.6 is 0 Å². The largest absolute Gasteiger partial charge is 0.324 e. The Bertz CT molecular complexity index is 2400. The maximum atomic E-state index is 12.6. The van der Waals surface area contributed by atoms with Gasteiger partial charge in [-0.2, -0.15) is 46.7 Å². The Labute approximate surface area is 309 Å². The summed E-state index contributed by atoms with van der Waals surface area (Å²) in [6.45, 7) is 3.25. The monoisotopic (exact) mass is 768 g/mol. The molecule has 4 aromatic carbocycles. The van der Waals surface area contributed by atoms with Gasteiger partial charge in [-0.05, 0) is 73.5 Å². The number of benzene rings is 4. The van der Waals surface area contributed by atoms with Gasteiger partial charge in [0.05, 0.1) is 11.4 Å². The first-order valence-corrected chi connectivity index (χ1v) is 18.6. The number of hydrogen-bond donors (Lipinski definition) is 6. The first-order valence-electron chi connectivity index (χ1n) is 15.7. The maximum Gasteiger partial charge on any atom is 0.295 e. The fourth-order valence-electron chi connectivity index (χ4n) is 5.04. The third-order valence-corrected chi connectivity index (χ3v) is 9.33. The van der Waals surface area contributed by atoms with Crippen molar-refractivity contribution in [2.45, 2.75) is 23.6 Å². The zero-order valence-corrected chi connectivity index (χ0v) is 30.1. The van der Waals surface area contributed by atoms with E-state index < -0.39 is 30.0 Å². The van der Waals surface area contributed by atoms with E-state index in [2.05, 4.69) is 40.5 Å². The number of anilines is 8. The van der Waals surface area contributed by atoms with E-state index in [0.717, 1.165) is 22.2 Å². The normalized spacial score (nSPS) is 11.7. The molecule has 0 aliphatic heterocycles. The minimum atomic E-state index is -4.86. The Morgan fingerprint density at radius 2 is 0.926 bits per heavy atom. The zero-order valence-electron chi connectivity index (χ0n) is 28.5. The number of nitrogens with one attached hydrogen (secondary N) is 2. The van der Waals surface area contributed by atoms with Gasteiger partial charge in [0.25, 0.3) is 20.2 Å². The van der Waals surface area contributed by atoms with E-state index in [1.165, 1.54) is 36.4 Å². The van der Waals surface area contributed by atoms with Crippen molar-refractivity contribution in [2.75, 3.05) is 20.7 Å². The topological polar surface area (TPSA) is 269 Å². The molecule has 276 valence electrons. The molecule has 0 spiro atoms. The van der Waals surface area contributed by atoms with Gasteiger partial charge in [-0.15, -0.1) is 0 Å². The van der Waals surface area contributed by atoms with Crippen molar-refractivity contribution in [1.82, 2.24) is 29.9 Å². The fraction of sp³-hybridized carbons (Fsp3) is 0.0588. The molecule has 8 N–H and O–H groups in total. The summed E-state index contributed by atoms with van der Waals surface area (Å²) < 4.78 is 70.5. The van der Waals surface area contributed by atoms with E-state index in [4.69, 9.17) is 11.7 Å². The van der Waals surface area contributed by atoms with Crippen LogP contribution in [-0.4, -0.2) is 55.8 Å². The van der Waals surface area contributed by atoms with Crippen LogP contribution in [0.3, 0.4) is 0 Å². The van der Waals surface area contributed by atoms with Crippen molar-refractivity contribution in [2.24, 2.45) is 11.7 Å². The first kappa shape index (κ1) is 37.3. The van der Waals surface area contributed by atoms with E-state index >= 15 is 0 Å². The molecular weight excluding hydrogens is 737 g/mol. The van der Waals surface area contributed by atoms with Crippen LogP contribution in [0.5, 0.6) is 0 Å². The molecule has 2 heterocycles. The lowest BCUT2D eigenvalue weighted by molar-refractivity contribution is 0.480. The minimum Gasteiger partial charge on any atom is -0.324 e. The first-order chi connectivity index (χ1) is 25.6. The van der Waals surface area contributed by atoms with Crippen molar-refractivity contribution >= 4 is 78.9 Å². The summed E-state index contributed by atoms with van der Waals surface area (Å²) in [6, 6.07) is 26.0. The van der Waals surface area contributed by atoms with Crippen LogP contribution in [0, 0.1) is 13.8 Å². The standard InChI is InChI=1S/C34H32N12O6S2/c1-21-37-31(41-25-9-5-3-6-10-25)43-33(39-21)45(35)27-17-15-23(29(19-27)53(47,48)49)13-14-24-16-18-28(20-30(24)54(50,51)52)46(36)34-40-22(2)38-32(44-34)42-26-11-7-4-8-12-26/h3-20H,35-36H2,1-2H3,(H,47,48,49)(H,50,51,52)(H,37,39,41,43)(H,38,40,42,44). The van der Waals surface area contributed by atoms with Gasteiger partial charge in [-0.25, -0.2) is 21.7 Å². The Balaban J connectivity index is 1.29. The molecule has 0 unspecified atom stereocenters. The number of aryl methyl sites for hydroxylation is 2. The molecule has 0 bridgehead atoms. The molecule has 0 amide bonds. The summed E-state index contributed by atoms with van der Waals surface area (Å²) in [6.07, 6.45) is 2.48. The molecule has 6 rings (SSSR count). The fourth-order valence-corrected chi connectivity index (χ4v) is 6.45. The Kier molecular flexibility index (Phi) is 10.6. The van der Waals surface area contributed by atoms with E-state index in [9.17, 15) is 25.9 Å². The molecule has 54 heavy (non-hydrogen) atoms. The predicted molar refractivity (Wildman–Crippen MR) is 203 cm³/mol. The Morgan fingerprint density at radius 3 is 1.28 bits per heavy atom. The highest BCUT2D eigenvalue weighted by Gasteiger charge is 2.21. The number of para-hydroxylation sites is 2. The molecule has 0 saturated carbocycles. The number of nitrogens with zero attached hydrogens (tertiary/aromatic N) is 8. The number of rotatable bonds is 12. The average Bonchev–Trinajstić information content (AvgIpc) is 3.13. The van der Waals surface area contributed by atoms with Gasteiger partial charge in [0.2, 0.25) is 23.8 Å². The van der Waals surface area contributed by atoms with Crippen LogP contribution in [0.4, 0.5) is 46.5 Å². The highest BCUT2D eigenvalue weighted by atomic mass is 32.2. The lowest BCUT2D eigenvalue weighted by atomic mass is 10.1. The lowest BCUT2D eigenvalue weighted by Gasteiger charge is -2.19. The maximum absolute atomic E-state index is 12.6. The van der Waals surface area contributed by atoms with E-state index in [0.29, 0.717) is 23.0 Å². The highest BCUT2D eigenvalue weighted by Crippen LogP contribution is 2.30. The Morgan fingerprint density at radius 1 is 0.556 bits per heavy atom. The van der Waals surface area contributed by atoms with Crippen LogP contribution in [0.2, 0.25) is 0 Å². The van der Waals surface area contributed by atoms with Gasteiger partial charge in [0.1, 0.15) is 21.4 Å². The SMILES string of the molecule is Cc1nc(Nc2ccccc2)nc(N(N)c2ccc(C=Cc3ccc(N(N)c4nc(C)nc(Nc5ccccc5)n4)cc3S(=O)(=O)O)c(S(=O)(=O)O)c2)n1. The molecule has 20 heteroatoms. The second kappa shape index (κ2) is 15.3. The third kappa shape index (κ3) is 8.95. The quantitative estimate of drug-likeness (QED) is 0.0420. The molecule has 0 atom stereocenters. The number of hydrogen-bond acceptors (Lipinski definition) is 16. The summed E-state index contributed by atoms with van der Waals surface area (Å²) in [7, 11) is -9.72. The number of nitrogens with two attached hydrogens (primary N) is 2. The molecular formula is C34H32N12O6S2. The molecule has 6 aromatic rings. The van der Waals surface area contributed by atoms with E-state index in [-0.39, 0.29) is 46.3 Å². The van der Waals surface area contributed by atoms with Gasteiger partial charge in [-0.1, -0.05) is 60.7 Å². The summed E-state index contributed by atoms with van der Waals surface area (Å²) >= 11 is 0. The van der Waals surface area contributed by atoms with Crippen molar-refractivity contribution in [1.29, 1.82) is 0 Å². The van der Waals surface area contributed by atoms with Crippen LogP contribution in [0.1, 0.15) is 22.8 Å². The molecule has 0 aliphatic carbocycles. The van der Waals surface area contributed by atoms with Gasteiger partial charge in [-0.3, -0.25) is 9.11 Å². The van der Waals surface area contributed by atoms with Gasteiger partial charge in [0, 0.05) is 11.4 Å². The van der Waals surface area contributed by atoms with E-state index in [1.54, 1.807) is 13.8 Å². The van der Waals surface area contributed by atoms with Crippen molar-refractivity contribution in [3.63, 3.8) is 0 Å². The van der Waals surface area contributed by atoms with Crippen LogP contribution in [0.25, 0.3) is 12.2 Å². The summed E-state index contributed by atoms with van der Waals surface area (Å²) in [4.78, 5) is 24.5. The molecule has 0 radical (unpaired) electrons. The van der Waals surface area contributed by atoms with Crippen LogP contribution in [-0.2, 0) is 20.2 Å². The summed E-state index contributed by atoms with van der Waals surface area (Å²) in [5, 5.41) is 8.10. The zero-order chi connectivity index (χ0) is 38.6. The second-order valence-electron chi connectivity index (χ2n) is 11.5. The minimum absolute atomic E-state index is 0.0339. The van der Waals surface area contributed by atoms with Gasteiger partial charge < -0.3 is 10.6 Å². The summed E-state index contributed by atoms with van der Waals surface area (Å²) in [5.74, 6) is 13.5. The smallest absolute Gasteiger partial charge is 0.295 e. The average molecular weight is 769 g/mol. The second-order valence-corrected chi connectivity index (χ2v) is 14.2. The van der Waals surface area contributed by atoms with Crippen molar-refractivity contribution < 1.29 is 25.9 Å². The molecule has 0 aliphatic rings. The lowest BCUT2D eigenvalue weighted by Crippen LogP contribution is -2.28. The van der Waals surface area contributed by atoms with Gasteiger partial charge in [0.15, 0.2) is 0 Å². The highest BCUT2D eigenvalue weighted by molar-refractivity contribution is 7.86. The van der Waals surface area contributed by atoms with Crippen molar-refractivity contribution in [3.8, 4) is 0 Å². The van der Waals surface area contributed by atoms with Crippen LogP contribution in [0.15, 0.2) is 107 Å². The molecule has 0 fully saturated rings. The molecule has 0 saturated heterocycles. The third-order valence-electron chi connectivity index (χ3n) is 7.51. The molecule has 18 nitrogen and oxygen atoms in total. The van der Waals surface area contributed by atoms with Crippen LogP contribution < -0.4 is 32.3 Å². The predicted octanol–water partition coefficient (Wildman–Crippen LogP) is 4.85. The van der Waals surface area contributed by atoms with Gasteiger partial charge >= 0.3 is 0 Å². The molecule has 2 aromatic heterocycles. The van der Waals surface area contributed by atoms with Crippen molar-refractivity contribution in [3.05, 3.63) is 120 Å². The Hall–Kier alpha value is -6.42. The van der Waals surface area contributed by atoms with E-state index in [1.807, 2.05) is 60.7 Å². The summed E-state index contributed by atoms with van der Waals surface area (Å²) in [5.41, 5.74) is 1.49. The number of hydrazine groups is 2.